The quantitative estimate of drug-likeness (QED) is 0.525. The number of ether oxygens (including phenoxy) is 3. The van der Waals surface area contributed by atoms with Crippen molar-refractivity contribution in [2.24, 2.45) is 0 Å². The van der Waals surface area contributed by atoms with E-state index in [1.807, 2.05) is 0 Å². The number of benzene rings is 2. The van der Waals surface area contributed by atoms with Gasteiger partial charge in [0.25, 0.3) is 0 Å². The van der Waals surface area contributed by atoms with Gasteiger partial charge in [-0.2, -0.15) is 0 Å². The molecule has 0 spiro atoms. The van der Waals surface area contributed by atoms with Crippen molar-refractivity contribution in [3.05, 3.63) is 57.2 Å². The number of nitrogens with one attached hydrogen (secondary N) is 1. The average Bonchev–Trinajstić information content (AvgIpc) is 2.61. The first-order valence-electron chi connectivity index (χ1n) is 7.96. The lowest BCUT2D eigenvalue weighted by molar-refractivity contribution is 0.00689. The Morgan fingerprint density at radius 3 is 2.37 bits per heavy atom. The summed E-state index contributed by atoms with van der Waals surface area (Å²) >= 11 is 3.35. The van der Waals surface area contributed by atoms with Crippen LogP contribution in [-0.4, -0.2) is 24.6 Å². The predicted octanol–water partition coefficient (Wildman–Crippen LogP) is 4.89. The minimum Gasteiger partial charge on any atom is -0.761 e. The lowest BCUT2D eigenvalue weighted by Gasteiger charge is -2.20. The Bertz CT molecular complexity index is 860. The topological polar surface area (TPSA) is 96.9 Å². The molecule has 0 fully saturated rings. The van der Waals surface area contributed by atoms with E-state index >= 15 is 0 Å². The van der Waals surface area contributed by atoms with Crippen molar-refractivity contribution in [2.75, 3.05) is 12.6 Å². The molecule has 0 radical (unpaired) electrons. The number of carbonyl (C=O) groups is 2. The fourth-order valence-electron chi connectivity index (χ4n) is 2.13. The van der Waals surface area contributed by atoms with Crippen molar-refractivity contribution in [1.82, 2.24) is 0 Å². The summed E-state index contributed by atoms with van der Waals surface area (Å²) in [5.41, 5.74) is 1.48. The van der Waals surface area contributed by atoms with E-state index < -0.39 is 17.5 Å². The smallest absolute Gasteiger partial charge is 0.339 e. The molecule has 0 amide bonds. The van der Waals surface area contributed by atoms with Gasteiger partial charge in [-0.3, -0.25) is 0 Å². The molecule has 0 aliphatic heterocycles. The van der Waals surface area contributed by atoms with Gasteiger partial charge in [-0.1, -0.05) is 0 Å². The molecule has 0 saturated carbocycles. The van der Waals surface area contributed by atoms with Gasteiger partial charge in [0.2, 0.25) is 0 Å². The van der Waals surface area contributed by atoms with Crippen LogP contribution in [0.5, 0.6) is 11.5 Å². The molecular weight excluding hydrogens is 418 g/mol. The fourth-order valence-corrected chi connectivity index (χ4v) is 2.46. The second-order valence-electron chi connectivity index (χ2n) is 6.55. The van der Waals surface area contributed by atoms with E-state index in [9.17, 15) is 14.8 Å². The average molecular weight is 437 g/mol. The molecular formula is C19H19BrNO6-. The minimum atomic E-state index is -0.645. The maximum absolute atomic E-state index is 12.2. The lowest BCUT2D eigenvalue weighted by Crippen LogP contribution is -2.23. The van der Waals surface area contributed by atoms with E-state index in [1.165, 1.54) is 31.4 Å². The molecule has 0 aliphatic carbocycles. The lowest BCUT2D eigenvalue weighted by atomic mass is 10.1. The summed E-state index contributed by atoms with van der Waals surface area (Å²) in [4.78, 5) is 23.9. The van der Waals surface area contributed by atoms with Crippen LogP contribution in [0.15, 0.2) is 40.9 Å². The van der Waals surface area contributed by atoms with E-state index in [-0.39, 0.29) is 11.3 Å². The Balaban J connectivity index is 2.30. The molecule has 0 aromatic heterocycles. The molecule has 8 heteroatoms. The maximum Gasteiger partial charge on any atom is 0.339 e. The number of rotatable bonds is 5. The number of halogens is 1. The van der Waals surface area contributed by atoms with Crippen molar-refractivity contribution in [2.45, 2.75) is 26.4 Å². The van der Waals surface area contributed by atoms with Gasteiger partial charge in [0.15, 0.2) is 0 Å². The van der Waals surface area contributed by atoms with Crippen molar-refractivity contribution in [1.29, 1.82) is 0 Å². The molecule has 1 N–H and O–H groups in total. The van der Waals surface area contributed by atoms with Crippen molar-refractivity contribution < 1.29 is 23.8 Å². The molecule has 0 aliphatic rings. The predicted molar refractivity (Wildman–Crippen MR) is 104 cm³/mol. The van der Waals surface area contributed by atoms with E-state index in [1.54, 1.807) is 38.4 Å². The molecule has 2 aromatic rings. The zero-order chi connectivity index (χ0) is 20.2. The van der Waals surface area contributed by atoms with Gasteiger partial charge in [-0.25, -0.2) is 9.59 Å². The monoisotopic (exact) mass is 436 g/mol. The third-order valence-electron chi connectivity index (χ3n) is 3.30. The molecule has 0 unspecified atom stereocenters. The number of hydrogen-bond donors (Lipinski definition) is 1. The summed E-state index contributed by atoms with van der Waals surface area (Å²) in [5, 5.41) is 11.1. The third kappa shape index (κ3) is 5.45. The molecule has 0 atom stereocenters. The molecule has 27 heavy (non-hydrogen) atoms. The van der Waals surface area contributed by atoms with Crippen LogP contribution in [0.4, 0.5) is 5.69 Å². The van der Waals surface area contributed by atoms with Gasteiger partial charge < -0.3 is 24.9 Å². The standard InChI is InChI=1S/C19H19BrNO6/c1-19(2,3)27-17(22)11-5-8-14(20)16(9-11)26-12-6-7-13(18(23)25-4)15(10-12)21-24/h5-10,21H,1-4H3/q-1. The molecule has 144 valence electrons. The molecule has 0 heterocycles. The van der Waals surface area contributed by atoms with Crippen molar-refractivity contribution >= 4 is 33.6 Å². The van der Waals surface area contributed by atoms with Crippen molar-refractivity contribution in [3.63, 3.8) is 0 Å². The molecule has 0 bridgehead atoms. The largest absolute Gasteiger partial charge is 0.761 e. The van der Waals surface area contributed by atoms with Gasteiger partial charge in [-0.05, 0) is 67.0 Å². The highest BCUT2D eigenvalue weighted by atomic mass is 79.9. The van der Waals surface area contributed by atoms with Crippen molar-refractivity contribution in [3.8, 4) is 11.5 Å². The highest BCUT2D eigenvalue weighted by Crippen LogP contribution is 2.33. The van der Waals surface area contributed by atoms with Gasteiger partial charge in [0.05, 0.1) is 22.7 Å². The first kappa shape index (κ1) is 20.7. The zero-order valence-electron chi connectivity index (χ0n) is 15.3. The summed E-state index contributed by atoms with van der Waals surface area (Å²) in [6.07, 6.45) is 0. The van der Waals surface area contributed by atoms with E-state index in [0.717, 1.165) is 0 Å². The van der Waals surface area contributed by atoms with Crippen LogP contribution in [0.1, 0.15) is 41.5 Å². The Labute approximate surface area is 165 Å². The number of carbonyl (C=O) groups excluding carboxylic acids is 2. The van der Waals surface area contributed by atoms with Gasteiger partial charge in [-0.15, -0.1) is 0 Å². The first-order chi connectivity index (χ1) is 12.6. The van der Waals surface area contributed by atoms with Crippen LogP contribution >= 0.6 is 15.9 Å². The first-order valence-corrected chi connectivity index (χ1v) is 8.75. The molecule has 0 saturated heterocycles. The van der Waals surface area contributed by atoms with Crippen LogP contribution in [0.25, 0.3) is 0 Å². The van der Waals surface area contributed by atoms with Crippen LogP contribution in [0, 0.1) is 5.21 Å². The summed E-state index contributed by atoms with van der Waals surface area (Å²) in [5.74, 6) is -0.486. The zero-order valence-corrected chi connectivity index (χ0v) is 16.9. The van der Waals surface area contributed by atoms with Crippen LogP contribution < -0.4 is 10.2 Å². The number of methoxy groups -OCH3 is 1. The summed E-state index contributed by atoms with van der Waals surface area (Å²) in [7, 11) is 1.22. The number of esters is 2. The highest BCUT2D eigenvalue weighted by Gasteiger charge is 2.19. The van der Waals surface area contributed by atoms with Gasteiger partial charge in [0, 0.05) is 11.8 Å². The van der Waals surface area contributed by atoms with Crippen LogP contribution in [0.3, 0.4) is 0 Å². The van der Waals surface area contributed by atoms with Gasteiger partial charge >= 0.3 is 11.9 Å². The maximum atomic E-state index is 12.2. The second-order valence-corrected chi connectivity index (χ2v) is 7.40. The third-order valence-corrected chi connectivity index (χ3v) is 3.96. The normalized spacial score (nSPS) is 10.9. The Hall–Kier alpha value is -2.58. The summed E-state index contributed by atoms with van der Waals surface area (Å²) < 4.78 is 16.3. The Kier molecular flexibility index (Phi) is 6.45. The Morgan fingerprint density at radius 2 is 1.78 bits per heavy atom. The summed E-state index contributed by atoms with van der Waals surface area (Å²) in [6, 6.07) is 9.08. The highest BCUT2D eigenvalue weighted by molar-refractivity contribution is 9.10. The minimum absolute atomic E-state index is 0.0127. The summed E-state index contributed by atoms with van der Waals surface area (Å²) in [6.45, 7) is 5.34. The number of anilines is 1. The number of hydrogen-bond acceptors (Lipinski definition) is 7. The second kappa shape index (κ2) is 8.41. The fraction of sp³-hybridized carbons (Fsp3) is 0.263. The van der Waals surface area contributed by atoms with Gasteiger partial charge in [0.1, 0.15) is 17.1 Å². The van der Waals surface area contributed by atoms with Crippen LogP contribution in [-0.2, 0) is 9.47 Å². The Morgan fingerprint density at radius 1 is 1.07 bits per heavy atom. The SMILES string of the molecule is COC(=O)c1ccc(Oc2cc(C(=O)OC(C)(C)C)ccc2Br)cc1N[O-]. The van der Waals surface area contributed by atoms with Crippen LogP contribution in [0.2, 0.25) is 0 Å². The molecule has 7 nitrogen and oxygen atoms in total. The van der Waals surface area contributed by atoms with E-state index in [0.29, 0.717) is 21.5 Å². The van der Waals surface area contributed by atoms with E-state index in [4.69, 9.17) is 9.47 Å². The molecule has 2 rings (SSSR count). The van der Waals surface area contributed by atoms with E-state index in [2.05, 4.69) is 20.7 Å². The molecule has 2 aromatic carbocycles.